The van der Waals surface area contributed by atoms with Crippen molar-refractivity contribution in [1.29, 1.82) is 0 Å². The Labute approximate surface area is 99.9 Å². The highest BCUT2D eigenvalue weighted by Gasteiger charge is 2.41. The third-order valence-corrected chi connectivity index (χ3v) is 3.70. The summed E-state index contributed by atoms with van der Waals surface area (Å²) in [6.45, 7) is -0.0150. The van der Waals surface area contributed by atoms with Crippen LogP contribution in [0.1, 0.15) is 24.8 Å². The Kier molecular flexibility index (Phi) is 3.08. The summed E-state index contributed by atoms with van der Waals surface area (Å²) >= 11 is 0. The molecule has 2 nitrogen and oxygen atoms in total. The van der Waals surface area contributed by atoms with E-state index in [1.54, 1.807) is 25.1 Å². The number of hydrogen-bond donors (Lipinski definition) is 1. The maximum absolute atomic E-state index is 13.8. The van der Waals surface area contributed by atoms with E-state index in [0.717, 1.165) is 30.9 Å². The summed E-state index contributed by atoms with van der Waals surface area (Å²) in [5.41, 5.74) is 0.600. The SMILES string of the molecule is CN(C)c1c(C2(CO)CCC2)ccc(F)c1F. The lowest BCUT2D eigenvalue weighted by Gasteiger charge is -2.42. The first-order valence-electron chi connectivity index (χ1n) is 5.78. The van der Waals surface area contributed by atoms with E-state index in [4.69, 9.17) is 0 Å². The van der Waals surface area contributed by atoms with Crippen LogP contribution < -0.4 is 4.90 Å². The highest BCUT2D eigenvalue weighted by atomic mass is 19.2. The lowest BCUT2D eigenvalue weighted by Crippen LogP contribution is -2.39. The minimum atomic E-state index is -0.843. The second kappa shape index (κ2) is 4.26. The molecule has 0 unspecified atom stereocenters. The molecule has 1 fully saturated rings. The van der Waals surface area contributed by atoms with E-state index in [0.29, 0.717) is 0 Å². The van der Waals surface area contributed by atoms with Gasteiger partial charge in [0, 0.05) is 19.5 Å². The van der Waals surface area contributed by atoms with Gasteiger partial charge in [0.25, 0.3) is 0 Å². The van der Waals surface area contributed by atoms with E-state index in [-0.39, 0.29) is 17.7 Å². The Hall–Kier alpha value is -1.16. The Balaban J connectivity index is 2.57. The molecule has 1 aliphatic rings. The molecule has 1 aromatic rings. The number of hydrogen-bond acceptors (Lipinski definition) is 2. The largest absolute Gasteiger partial charge is 0.395 e. The molecule has 0 heterocycles. The second-order valence-electron chi connectivity index (χ2n) is 4.94. The molecule has 17 heavy (non-hydrogen) atoms. The van der Waals surface area contributed by atoms with Gasteiger partial charge in [0.1, 0.15) is 0 Å². The predicted octanol–water partition coefficient (Wildman–Crippen LogP) is 2.44. The number of benzene rings is 1. The van der Waals surface area contributed by atoms with Crippen LogP contribution in [-0.4, -0.2) is 25.8 Å². The molecule has 1 aliphatic carbocycles. The van der Waals surface area contributed by atoms with Crippen molar-refractivity contribution in [2.75, 3.05) is 25.6 Å². The van der Waals surface area contributed by atoms with Crippen molar-refractivity contribution in [3.05, 3.63) is 29.3 Å². The van der Waals surface area contributed by atoms with Crippen molar-refractivity contribution < 1.29 is 13.9 Å². The Morgan fingerprint density at radius 3 is 2.35 bits per heavy atom. The molecule has 0 radical (unpaired) electrons. The summed E-state index contributed by atoms with van der Waals surface area (Å²) in [5, 5.41) is 9.52. The number of rotatable bonds is 3. The van der Waals surface area contributed by atoms with Gasteiger partial charge in [-0.15, -0.1) is 0 Å². The Morgan fingerprint density at radius 1 is 1.29 bits per heavy atom. The van der Waals surface area contributed by atoms with E-state index >= 15 is 0 Å². The van der Waals surface area contributed by atoms with Gasteiger partial charge in [-0.25, -0.2) is 8.78 Å². The van der Waals surface area contributed by atoms with Gasteiger partial charge in [-0.3, -0.25) is 0 Å². The number of nitrogens with zero attached hydrogens (tertiary/aromatic N) is 1. The lowest BCUT2D eigenvalue weighted by atomic mass is 9.64. The van der Waals surface area contributed by atoms with E-state index < -0.39 is 11.6 Å². The molecule has 0 aliphatic heterocycles. The highest BCUT2D eigenvalue weighted by molar-refractivity contribution is 5.58. The van der Waals surface area contributed by atoms with Crippen LogP contribution in [0, 0.1) is 11.6 Å². The molecular formula is C13H17F2NO. The molecule has 1 saturated carbocycles. The van der Waals surface area contributed by atoms with Crippen molar-refractivity contribution in [2.24, 2.45) is 0 Å². The second-order valence-corrected chi connectivity index (χ2v) is 4.94. The zero-order valence-electron chi connectivity index (χ0n) is 10.1. The third kappa shape index (κ3) is 1.80. The van der Waals surface area contributed by atoms with Crippen LogP contribution in [0.15, 0.2) is 12.1 Å². The molecule has 0 atom stereocenters. The van der Waals surface area contributed by atoms with E-state index in [2.05, 4.69) is 0 Å². The van der Waals surface area contributed by atoms with Gasteiger partial charge >= 0.3 is 0 Å². The number of aliphatic hydroxyl groups is 1. The van der Waals surface area contributed by atoms with Gasteiger partial charge in [0.15, 0.2) is 11.6 Å². The summed E-state index contributed by atoms with van der Waals surface area (Å²) in [6, 6.07) is 2.75. The lowest BCUT2D eigenvalue weighted by molar-refractivity contribution is 0.120. The van der Waals surface area contributed by atoms with Gasteiger partial charge < -0.3 is 10.0 Å². The van der Waals surface area contributed by atoms with Crippen molar-refractivity contribution in [2.45, 2.75) is 24.7 Å². The smallest absolute Gasteiger partial charge is 0.182 e. The normalized spacial score (nSPS) is 17.7. The van der Waals surface area contributed by atoms with Gasteiger partial charge in [-0.1, -0.05) is 12.5 Å². The van der Waals surface area contributed by atoms with Crippen LogP contribution in [0.25, 0.3) is 0 Å². The average Bonchev–Trinajstić information content (AvgIpc) is 2.22. The fourth-order valence-electron chi connectivity index (χ4n) is 2.52. The first-order chi connectivity index (χ1) is 8.02. The molecule has 1 aromatic carbocycles. The van der Waals surface area contributed by atoms with Gasteiger partial charge in [0.05, 0.1) is 12.3 Å². The van der Waals surface area contributed by atoms with Crippen LogP contribution in [0.2, 0.25) is 0 Å². The number of halogens is 2. The first-order valence-corrected chi connectivity index (χ1v) is 5.78. The van der Waals surface area contributed by atoms with Crippen LogP contribution in [0.4, 0.5) is 14.5 Å². The molecule has 0 aromatic heterocycles. The zero-order valence-corrected chi connectivity index (χ0v) is 10.1. The van der Waals surface area contributed by atoms with Gasteiger partial charge in [-0.2, -0.15) is 0 Å². The molecule has 94 valence electrons. The highest BCUT2D eigenvalue weighted by Crippen LogP contribution is 2.47. The summed E-state index contributed by atoms with van der Waals surface area (Å²) in [6.07, 6.45) is 2.68. The minimum absolute atomic E-state index is 0.0150. The number of anilines is 1. The molecule has 2 rings (SSSR count). The number of aliphatic hydroxyl groups excluding tert-OH is 1. The first kappa shape index (κ1) is 12.3. The maximum atomic E-state index is 13.8. The molecular weight excluding hydrogens is 224 g/mol. The molecule has 0 spiro atoms. The predicted molar refractivity (Wildman–Crippen MR) is 63.3 cm³/mol. The van der Waals surface area contributed by atoms with Gasteiger partial charge in [0.2, 0.25) is 0 Å². The van der Waals surface area contributed by atoms with Crippen molar-refractivity contribution in [3.63, 3.8) is 0 Å². The summed E-state index contributed by atoms with van der Waals surface area (Å²) < 4.78 is 27.1. The van der Waals surface area contributed by atoms with E-state index in [1.807, 2.05) is 0 Å². The Bertz CT molecular complexity index is 422. The van der Waals surface area contributed by atoms with Crippen molar-refractivity contribution in [1.82, 2.24) is 0 Å². The fourth-order valence-corrected chi connectivity index (χ4v) is 2.52. The van der Waals surface area contributed by atoms with Gasteiger partial charge in [-0.05, 0) is 24.5 Å². The van der Waals surface area contributed by atoms with Crippen molar-refractivity contribution >= 4 is 5.69 Å². The molecule has 1 N–H and O–H groups in total. The summed E-state index contributed by atoms with van der Waals surface area (Å²) in [5.74, 6) is -1.67. The van der Waals surface area contributed by atoms with Crippen LogP contribution in [-0.2, 0) is 5.41 Å². The van der Waals surface area contributed by atoms with Crippen molar-refractivity contribution in [3.8, 4) is 0 Å². The Morgan fingerprint density at radius 2 is 1.94 bits per heavy atom. The molecule has 4 heteroatoms. The van der Waals surface area contributed by atoms with Crippen LogP contribution in [0.3, 0.4) is 0 Å². The standard InChI is InChI=1S/C13H17F2NO/c1-16(2)12-9(4-5-10(14)11(12)15)13(8-17)6-3-7-13/h4-5,17H,3,6-8H2,1-2H3. The van der Waals surface area contributed by atoms with E-state index in [1.165, 1.54) is 0 Å². The molecule has 0 amide bonds. The summed E-state index contributed by atoms with van der Waals surface area (Å²) in [7, 11) is 3.37. The quantitative estimate of drug-likeness (QED) is 0.878. The van der Waals surface area contributed by atoms with E-state index in [9.17, 15) is 13.9 Å². The fraction of sp³-hybridized carbons (Fsp3) is 0.538. The average molecular weight is 241 g/mol. The topological polar surface area (TPSA) is 23.5 Å². The van der Waals surface area contributed by atoms with Crippen LogP contribution in [0.5, 0.6) is 0 Å². The maximum Gasteiger partial charge on any atom is 0.182 e. The zero-order chi connectivity index (χ0) is 12.6. The summed E-state index contributed by atoms with van der Waals surface area (Å²) in [4.78, 5) is 1.57. The minimum Gasteiger partial charge on any atom is -0.395 e. The molecule has 0 bridgehead atoms. The third-order valence-electron chi connectivity index (χ3n) is 3.70. The van der Waals surface area contributed by atoms with Crippen LogP contribution >= 0.6 is 0 Å². The molecule has 0 saturated heterocycles. The monoisotopic (exact) mass is 241 g/mol.